The summed E-state index contributed by atoms with van der Waals surface area (Å²) in [6, 6.07) is 68.9. The molecule has 0 fully saturated rings. The van der Waals surface area contributed by atoms with Crippen molar-refractivity contribution in [3.63, 3.8) is 0 Å². The maximum Gasteiger partial charge on any atom is 0.0973 e. The maximum atomic E-state index is 5.10. The summed E-state index contributed by atoms with van der Waals surface area (Å²) in [6.45, 7) is 0. The Kier molecular flexibility index (Phi) is 6.82. The molecule has 0 saturated carbocycles. The minimum Gasteiger partial charge on any atom is -0.309 e. The zero-order valence-corrected chi connectivity index (χ0v) is 29.3. The number of aromatic nitrogens is 4. The Morgan fingerprint density at radius 1 is 0.278 bits per heavy atom. The van der Waals surface area contributed by atoms with Gasteiger partial charge in [-0.2, -0.15) is 0 Å². The first-order chi connectivity index (χ1) is 26.8. The van der Waals surface area contributed by atoms with Gasteiger partial charge in [-0.1, -0.05) is 133 Å². The van der Waals surface area contributed by atoms with Crippen LogP contribution in [0.5, 0.6) is 0 Å². The molecular weight excluding hydrogens is 657 g/mol. The molecule has 11 rings (SSSR count). The first-order valence-corrected chi connectivity index (χ1v) is 18.3. The lowest BCUT2D eigenvalue weighted by Crippen LogP contribution is -1.95. The van der Waals surface area contributed by atoms with Crippen LogP contribution in [0.2, 0.25) is 0 Å². The molecule has 0 aliphatic rings. The van der Waals surface area contributed by atoms with E-state index in [1.54, 1.807) is 0 Å². The van der Waals surface area contributed by atoms with Crippen LogP contribution >= 0.6 is 0 Å². The summed E-state index contributed by atoms with van der Waals surface area (Å²) in [5, 5.41) is 5.07. The maximum absolute atomic E-state index is 5.10. The average molecular weight is 689 g/mol. The SMILES string of the molecule is c1ccc(-c2nc3ccccc3nc2-c2ccc(-c3ccc(-n4c5ccccc5c5c6c7ccccc7n(-c7ccccc7)c6ccc54)cc3)cc2)cc1. The van der Waals surface area contributed by atoms with E-state index in [1.165, 1.54) is 43.6 Å². The number of para-hydroxylation sites is 5. The summed E-state index contributed by atoms with van der Waals surface area (Å²) in [4.78, 5) is 10.2. The normalized spacial score (nSPS) is 11.7. The number of fused-ring (bicyclic) bond motifs is 8. The van der Waals surface area contributed by atoms with E-state index in [-0.39, 0.29) is 0 Å². The van der Waals surface area contributed by atoms with Crippen molar-refractivity contribution in [1.82, 2.24) is 19.1 Å². The lowest BCUT2D eigenvalue weighted by Gasteiger charge is -2.12. The number of nitrogens with zero attached hydrogens (tertiary/aromatic N) is 4. The predicted octanol–water partition coefficient (Wildman–Crippen LogP) is 12.8. The molecule has 0 atom stereocenters. The van der Waals surface area contributed by atoms with Crippen LogP contribution in [0.1, 0.15) is 0 Å². The fourth-order valence-electron chi connectivity index (χ4n) is 8.27. The van der Waals surface area contributed by atoms with E-state index in [9.17, 15) is 0 Å². The molecule has 0 aliphatic carbocycles. The second-order valence-corrected chi connectivity index (χ2v) is 13.8. The third kappa shape index (κ3) is 4.70. The molecule has 0 bridgehead atoms. The van der Waals surface area contributed by atoms with E-state index in [2.05, 4.69) is 161 Å². The van der Waals surface area contributed by atoms with E-state index in [1.807, 2.05) is 42.5 Å². The minimum absolute atomic E-state index is 0.883. The quantitative estimate of drug-likeness (QED) is 0.180. The molecule has 3 heterocycles. The largest absolute Gasteiger partial charge is 0.309 e. The standard InChI is InChI=1S/C50H32N4/c1-3-13-35(14-4-1)49-50(52-42-20-10-9-19-41(42)51-49)36-25-23-33(24-26-36)34-27-29-38(30-28-34)54-44-22-12-8-18-40(44)48-46(54)32-31-45-47(48)39-17-7-11-21-43(39)53(45)37-15-5-2-6-16-37/h1-32H. The molecule has 4 heteroatoms. The van der Waals surface area contributed by atoms with Crippen molar-refractivity contribution in [3.05, 3.63) is 194 Å². The van der Waals surface area contributed by atoms with Gasteiger partial charge in [-0.3, -0.25) is 0 Å². The molecule has 0 N–H and O–H groups in total. The molecule has 0 radical (unpaired) electrons. The van der Waals surface area contributed by atoms with Gasteiger partial charge in [-0.15, -0.1) is 0 Å². The zero-order chi connectivity index (χ0) is 35.6. The van der Waals surface area contributed by atoms with Gasteiger partial charge >= 0.3 is 0 Å². The van der Waals surface area contributed by atoms with Gasteiger partial charge in [0, 0.05) is 44.0 Å². The summed E-state index contributed by atoms with van der Waals surface area (Å²) in [5.41, 5.74) is 15.1. The first-order valence-electron chi connectivity index (χ1n) is 18.3. The van der Waals surface area contributed by atoms with Gasteiger partial charge in [0.1, 0.15) is 0 Å². The van der Waals surface area contributed by atoms with Crippen LogP contribution in [0.25, 0.3) is 99.7 Å². The van der Waals surface area contributed by atoms with Crippen LogP contribution in [0, 0.1) is 0 Å². The average Bonchev–Trinajstić information content (AvgIpc) is 3.77. The molecule has 0 aliphatic heterocycles. The van der Waals surface area contributed by atoms with Gasteiger partial charge in [0.25, 0.3) is 0 Å². The molecule has 0 saturated heterocycles. The Morgan fingerprint density at radius 2 is 0.667 bits per heavy atom. The molecule has 0 amide bonds. The Bertz CT molecular complexity index is 3170. The molecule has 0 unspecified atom stereocenters. The predicted molar refractivity (Wildman–Crippen MR) is 225 cm³/mol. The van der Waals surface area contributed by atoms with Crippen LogP contribution in [0.3, 0.4) is 0 Å². The number of hydrogen-bond donors (Lipinski definition) is 0. The van der Waals surface area contributed by atoms with Crippen molar-refractivity contribution in [2.45, 2.75) is 0 Å². The van der Waals surface area contributed by atoms with E-state index < -0.39 is 0 Å². The topological polar surface area (TPSA) is 35.6 Å². The molecule has 54 heavy (non-hydrogen) atoms. The smallest absolute Gasteiger partial charge is 0.0973 e. The second-order valence-electron chi connectivity index (χ2n) is 13.8. The Labute approximate surface area is 311 Å². The van der Waals surface area contributed by atoms with Crippen LogP contribution in [0.4, 0.5) is 0 Å². The van der Waals surface area contributed by atoms with E-state index >= 15 is 0 Å². The fourth-order valence-corrected chi connectivity index (χ4v) is 8.27. The molecular formula is C50H32N4. The summed E-state index contributed by atoms with van der Waals surface area (Å²) in [5.74, 6) is 0. The summed E-state index contributed by atoms with van der Waals surface area (Å²) in [6.07, 6.45) is 0. The van der Waals surface area contributed by atoms with Crippen molar-refractivity contribution >= 4 is 54.6 Å². The highest BCUT2D eigenvalue weighted by molar-refractivity contribution is 6.28. The van der Waals surface area contributed by atoms with Crippen LogP contribution in [-0.2, 0) is 0 Å². The molecule has 252 valence electrons. The summed E-state index contributed by atoms with van der Waals surface area (Å²) < 4.78 is 4.81. The van der Waals surface area contributed by atoms with Gasteiger partial charge in [-0.25, -0.2) is 9.97 Å². The highest BCUT2D eigenvalue weighted by Crippen LogP contribution is 2.42. The van der Waals surface area contributed by atoms with Gasteiger partial charge in [0.2, 0.25) is 0 Å². The number of rotatable bonds is 5. The second kappa shape index (κ2) is 12.1. The van der Waals surface area contributed by atoms with E-state index in [0.29, 0.717) is 0 Å². The molecule has 3 aromatic heterocycles. The number of hydrogen-bond acceptors (Lipinski definition) is 2. The Morgan fingerprint density at radius 3 is 1.20 bits per heavy atom. The highest BCUT2D eigenvalue weighted by atomic mass is 15.0. The van der Waals surface area contributed by atoms with Crippen molar-refractivity contribution < 1.29 is 0 Å². The van der Waals surface area contributed by atoms with Gasteiger partial charge in [-0.05, 0) is 71.8 Å². The molecule has 11 aromatic rings. The lowest BCUT2D eigenvalue weighted by atomic mass is 9.99. The van der Waals surface area contributed by atoms with Crippen molar-refractivity contribution in [2.75, 3.05) is 0 Å². The highest BCUT2D eigenvalue weighted by Gasteiger charge is 2.20. The monoisotopic (exact) mass is 688 g/mol. The Hall–Kier alpha value is -7.30. The van der Waals surface area contributed by atoms with E-state index in [0.717, 1.165) is 56.0 Å². The molecule has 0 spiro atoms. The minimum atomic E-state index is 0.883. The summed E-state index contributed by atoms with van der Waals surface area (Å²) >= 11 is 0. The van der Waals surface area contributed by atoms with Crippen molar-refractivity contribution in [3.8, 4) is 45.0 Å². The number of benzene rings is 8. The first kappa shape index (κ1) is 30.3. The van der Waals surface area contributed by atoms with Gasteiger partial charge in [0.05, 0.1) is 44.5 Å². The van der Waals surface area contributed by atoms with Gasteiger partial charge < -0.3 is 9.13 Å². The van der Waals surface area contributed by atoms with Crippen molar-refractivity contribution in [2.24, 2.45) is 0 Å². The van der Waals surface area contributed by atoms with Crippen LogP contribution in [-0.4, -0.2) is 19.1 Å². The Balaban J connectivity index is 1.02. The molecule has 4 nitrogen and oxygen atoms in total. The zero-order valence-electron chi connectivity index (χ0n) is 29.3. The van der Waals surface area contributed by atoms with Crippen molar-refractivity contribution in [1.29, 1.82) is 0 Å². The third-order valence-electron chi connectivity index (χ3n) is 10.7. The van der Waals surface area contributed by atoms with Crippen LogP contribution < -0.4 is 0 Å². The molecule has 8 aromatic carbocycles. The van der Waals surface area contributed by atoms with E-state index in [4.69, 9.17) is 9.97 Å². The van der Waals surface area contributed by atoms with Gasteiger partial charge in [0.15, 0.2) is 0 Å². The third-order valence-corrected chi connectivity index (χ3v) is 10.7. The lowest BCUT2D eigenvalue weighted by molar-refractivity contribution is 1.17. The summed E-state index contributed by atoms with van der Waals surface area (Å²) in [7, 11) is 0. The fraction of sp³-hybridized carbons (Fsp3) is 0. The van der Waals surface area contributed by atoms with Crippen LogP contribution in [0.15, 0.2) is 194 Å².